The molecule has 1 aliphatic rings. The van der Waals surface area contributed by atoms with Gasteiger partial charge in [-0.2, -0.15) is 0 Å². The minimum absolute atomic E-state index is 0.142. The van der Waals surface area contributed by atoms with Crippen LogP contribution in [0.1, 0.15) is 50.8 Å². The van der Waals surface area contributed by atoms with Gasteiger partial charge in [-0.15, -0.1) is 22.7 Å². The van der Waals surface area contributed by atoms with Crippen molar-refractivity contribution >= 4 is 44.7 Å². The summed E-state index contributed by atoms with van der Waals surface area (Å²) in [6.45, 7) is 0.121. The minimum atomic E-state index is -0.394. The van der Waals surface area contributed by atoms with Crippen LogP contribution in [0.4, 0.5) is 0 Å². The van der Waals surface area contributed by atoms with Crippen molar-refractivity contribution in [3.05, 3.63) is 50.7 Å². The SMILES string of the molecule is O=C(COCc1nc2ccccc2s1)NNC(=O)c1cc2c(s1)CCCCCC2. The molecular weight excluding hydrogens is 406 g/mol. The van der Waals surface area contributed by atoms with Gasteiger partial charge in [-0.05, 0) is 49.4 Å². The molecule has 0 saturated heterocycles. The fraction of sp³-hybridized carbons (Fsp3) is 0.381. The first-order chi connectivity index (χ1) is 14.2. The minimum Gasteiger partial charge on any atom is -0.364 e. The van der Waals surface area contributed by atoms with Crippen molar-refractivity contribution in [2.75, 3.05) is 6.61 Å². The fourth-order valence-corrected chi connectivity index (χ4v) is 5.45. The van der Waals surface area contributed by atoms with Crippen molar-refractivity contribution in [2.24, 2.45) is 0 Å². The number of carbonyl (C=O) groups excluding carboxylic acids is 2. The van der Waals surface area contributed by atoms with E-state index in [0.717, 1.165) is 28.1 Å². The number of hydrazine groups is 1. The summed E-state index contributed by atoms with van der Waals surface area (Å²) in [5.74, 6) is -0.671. The number of aryl methyl sites for hydroxylation is 2. The quantitative estimate of drug-likeness (QED) is 0.601. The lowest BCUT2D eigenvalue weighted by atomic mass is 10.00. The Morgan fingerprint density at radius 3 is 2.72 bits per heavy atom. The second kappa shape index (κ2) is 9.47. The number of hydrogen-bond acceptors (Lipinski definition) is 6. The highest BCUT2D eigenvalue weighted by Gasteiger charge is 2.16. The first-order valence-electron chi connectivity index (χ1n) is 9.82. The first-order valence-corrected chi connectivity index (χ1v) is 11.5. The predicted octanol–water partition coefficient (Wildman–Crippen LogP) is 3.99. The molecule has 0 aliphatic heterocycles. The summed E-state index contributed by atoms with van der Waals surface area (Å²) in [5, 5.41) is 0.819. The zero-order chi connectivity index (χ0) is 20.1. The van der Waals surface area contributed by atoms with Crippen LogP contribution in [0.15, 0.2) is 30.3 Å². The lowest BCUT2D eigenvalue weighted by Gasteiger charge is -2.07. The van der Waals surface area contributed by atoms with Gasteiger partial charge in [-0.3, -0.25) is 20.4 Å². The number of hydrogen-bond donors (Lipinski definition) is 2. The molecule has 0 bridgehead atoms. The molecule has 0 atom stereocenters. The standard InChI is InChI=1S/C21H23N3O3S2/c25-19(12-27-13-20-22-15-8-5-6-10-17(15)29-20)23-24-21(26)18-11-14-7-3-1-2-4-9-16(14)28-18/h5-6,8,10-11H,1-4,7,9,12-13H2,(H,23,25)(H,24,26). The lowest BCUT2D eigenvalue weighted by Crippen LogP contribution is -2.43. The zero-order valence-corrected chi connectivity index (χ0v) is 17.7. The van der Waals surface area contributed by atoms with E-state index in [1.807, 2.05) is 30.3 Å². The number of nitrogens with one attached hydrogen (secondary N) is 2. The molecular formula is C21H23N3O3S2. The smallest absolute Gasteiger partial charge is 0.279 e. The number of para-hydroxylation sites is 1. The van der Waals surface area contributed by atoms with E-state index in [0.29, 0.717) is 4.88 Å². The van der Waals surface area contributed by atoms with Crippen molar-refractivity contribution in [3.8, 4) is 0 Å². The third kappa shape index (κ3) is 5.20. The molecule has 2 N–H and O–H groups in total. The van der Waals surface area contributed by atoms with Crippen LogP contribution in [0.3, 0.4) is 0 Å². The molecule has 1 aliphatic carbocycles. The van der Waals surface area contributed by atoms with E-state index < -0.39 is 5.91 Å². The monoisotopic (exact) mass is 429 g/mol. The van der Waals surface area contributed by atoms with Gasteiger partial charge >= 0.3 is 0 Å². The molecule has 2 aromatic heterocycles. The molecule has 0 saturated carbocycles. The van der Waals surface area contributed by atoms with Crippen LogP contribution in [0.25, 0.3) is 10.2 Å². The number of thiophene rings is 1. The molecule has 6 nitrogen and oxygen atoms in total. The summed E-state index contributed by atoms with van der Waals surface area (Å²) in [4.78, 5) is 30.7. The van der Waals surface area contributed by atoms with E-state index >= 15 is 0 Å². The summed E-state index contributed by atoms with van der Waals surface area (Å²) >= 11 is 3.08. The average molecular weight is 430 g/mol. The molecule has 4 rings (SSSR count). The number of aromatic nitrogens is 1. The largest absolute Gasteiger partial charge is 0.364 e. The second-order valence-electron chi connectivity index (χ2n) is 7.04. The predicted molar refractivity (Wildman–Crippen MR) is 115 cm³/mol. The number of thiazole rings is 1. The number of nitrogens with zero attached hydrogens (tertiary/aromatic N) is 1. The van der Waals surface area contributed by atoms with Gasteiger partial charge in [0.15, 0.2) is 0 Å². The Morgan fingerprint density at radius 2 is 1.86 bits per heavy atom. The van der Waals surface area contributed by atoms with Gasteiger partial charge in [-0.1, -0.05) is 25.0 Å². The lowest BCUT2D eigenvalue weighted by molar-refractivity contribution is -0.126. The average Bonchev–Trinajstić information content (AvgIpc) is 3.29. The Labute approximate surface area is 177 Å². The summed E-state index contributed by atoms with van der Waals surface area (Å²) in [6, 6.07) is 9.83. The highest BCUT2D eigenvalue weighted by Crippen LogP contribution is 2.28. The first kappa shape index (κ1) is 20.0. The van der Waals surface area contributed by atoms with Crippen molar-refractivity contribution in [3.63, 3.8) is 0 Å². The number of rotatable bonds is 5. The summed E-state index contributed by atoms with van der Waals surface area (Å²) < 4.78 is 6.52. The number of carbonyl (C=O) groups is 2. The molecule has 8 heteroatoms. The molecule has 1 aromatic carbocycles. The number of benzene rings is 1. The summed E-state index contributed by atoms with van der Waals surface area (Å²) in [6.07, 6.45) is 6.94. The van der Waals surface area contributed by atoms with Crippen molar-refractivity contribution in [1.82, 2.24) is 15.8 Å². The van der Waals surface area contributed by atoms with Crippen molar-refractivity contribution < 1.29 is 14.3 Å². The maximum atomic E-state index is 12.4. The number of amides is 2. The maximum Gasteiger partial charge on any atom is 0.279 e. The second-order valence-corrected chi connectivity index (χ2v) is 9.30. The van der Waals surface area contributed by atoms with Gasteiger partial charge in [0.1, 0.15) is 11.6 Å². The van der Waals surface area contributed by atoms with Crippen molar-refractivity contribution in [1.29, 1.82) is 0 Å². The van der Waals surface area contributed by atoms with E-state index in [1.165, 1.54) is 47.5 Å². The zero-order valence-electron chi connectivity index (χ0n) is 16.0. The van der Waals surface area contributed by atoms with Gasteiger partial charge in [-0.25, -0.2) is 4.98 Å². The van der Waals surface area contributed by atoms with Gasteiger partial charge in [0.25, 0.3) is 11.8 Å². The molecule has 0 spiro atoms. The van der Waals surface area contributed by atoms with E-state index in [9.17, 15) is 9.59 Å². The molecule has 2 heterocycles. The Hall–Kier alpha value is -2.29. The highest BCUT2D eigenvalue weighted by atomic mass is 32.1. The molecule has 152 valence electrons. The van der Waals surface area contributed by atoms with Gasteiger partial charge in [0, 0.05) is 4.88 Å². The fourth-order valence-electron chi connectivity index (χ4n) is 3.39. The van der Waals surface area contributed by atoms with Crippen LogP contribution in [0.2, 0.25) is 0 Å². The molecule has 0 fully saturated rings. The van der Waals surface area contributed by atoms with Crippen LogP contribution >= 0.6 is 22.7 Å². The van der Waals surface area contributed by atoms with Gasteiger partial charge < -0.3 is 4.74 Å². The molecule has 3 aromatic rings. The summed E-state index contributed by atoms with van der Waals surface area (Å²) in [7, 11) is 0. The van der Waals surface area contributed by atoms with E-state index in [2.05, 4.69) is 15.8 Å². The Morgan fingerprint density at radius 1 is 1.03 bits per heavy atom. The number of fused-ring (bicyclic) bond motifs is 2. The molecule has 0 radical (unpaired) electrons. The van der Waals surface area contributed by atoms with Gasteiger partial charge in [0.05, 0.1) is 21.7 Å². The van der Waals surface area contributed by atoms with Gasteiger partial charge in [0.2, 0.25) is 0 Å². The molecule has 2 amide bonds. The van der Waals surface area contributed by atoms with Crippen LogP contribution in [0, 0.1) is 0 Å². The highest BCUT2D eigenvalue weighted by molar-refractivity contribution is 7.18. The Balaban J connectivity index is 1.23. The van der Waals surface area contributed by atoms with Crippen LogP contribution < -0.4 is 10.9 Å². The summed E-state index contributed by atoms with van der Waals surface area (Å²) in [5.41, 5.74) is 7.12. The third-order valence-electron chi connectivity index (χ3n) is 4.83. The van der Waals surface area contributed by atoms with Crippen molar-refractivity contribution in [2.45, 2.75) is 45.1 Å². The third-order valence-corrected chi connectivity index (χ3v) is 7.08. The van der Waals surface area contributed by atoms with E-state index in [1.54, 1.807) is 11.3 Å². The number of ether oxygens (including phenoxy) is 1. The topological polar surface area (TPSA) is 80.3 Å². The normalized spacial score (nSPS) is 14.1. The van der Waals surface area contributed by atoms with E-state index in [-0.39, 0.29) is 19.1 Å². The van der Waals surface area contributed by atoms with Crippen LogP contribution in [-0.4, -0.2) is 23.4 Å². The van der Waals surface area contributed by atoms with E-state index in [4.69, 9.17) is 4.74 Å². The Kier molecular flexibility index (Phi) is 6.53. The maximum absolute atomic E-state index is 12.4. The molecule has 0 unspecified atom stereocenters. The molecule has 29 heavy (non-hydrogen) atoms. The van der Waals surface area contributed by atoms with Crippen LogP contribution in [-0.2, 0) is 29.0 Å². The Bertz CT molecular complexity index is 953. The van der Waals surface area contributed by atoms with Crippen LogP contribution in [0.5, 0.6) is 0 Å².